The molecule has 0 bridgehead atoms. The van der Waals surface area contributed by atoms with Gasteiger partial charge in [-0.1, -0.05) is 0 Å². The number of piperidine rings is 1. The van der Waals surface area contributed by atoms with E-state index in [0.29, 0.717) is 18.8 Å². The van der Waals surface area contributed by atoms with Crippen LogP contribution in [0, 0.1) is 0 Å². The second-order valence-electron chi connectivity index (χ2n) is 7.29. The summed E-state index contributed by atoms with van der Waals surface area (Å²) in [6.07, 6.45) is 5.04. The Morgan fingerprint density at radius 3 is 2.41 bits per heavy atom. The van der Waals surface area contributed by atoms with Crippen LogP contribution in [-0.4, -0.2) is 63.3 Å². The van der Waals surface area contributed by atoms with E-state index in [0.717, 1.165) is 35.7 Å². The molecule has 0 spiro atoms. The Labute approximate surface area is 166 Å². The molecule has 5 rings (SSSR count). The van der Waals surface area contributed by atoms with Gasteiger partial charge in [0.1, 0.15) is 11.4 Å². The van der Waals surface area contributed by atoms with Gasteiger partial charge in [-0.3, -0.25) is 14.2 Å². The average Bonchev–Trinajstić information content (AvgIpc) is 3.46. The number of rotatable bonds is 3. The predicted octanol–water partition coefficient (Wildman–Crippen LogP) is 1.28. The van der Waals surface area contributed by atoms with Gasteiger partial charge in [0.25, 0.3) is 5.91 Å². The van der Waals surface area contributed by atoms with Crippen molar-refractivity contribution in [3.8, 4) is 11.4 Å². The zero-order valence-electron chi connectivity index (χ0n) is 16.3. The van der Waals surface area contributed by atoms with Crippen LogP contribution < -0.4 is 0 Å². The van der Waals surface area contributed by atoms with Crippen LogP contribution in [0.1, 0.15) is 35.1 Å². The molecular formula is C19H21N9O. The summed E-state index contributed by atoms with van der Waals surface area (Å²) >= 11 is 0. The number of amides is 1. The lowest BCUT2D eigenvalue weighted by Gasteiger charge is -2.31. The van der Waals surface area contributed by atoms with Crippen molar-refractivity contribution in [3.63, 3.8) is 0 Å². The largest absolute Gasteiger partial charge is 0.337 e. The molecule has 4 aromatic rings. The third-order valence-corrected chi connectivity index (χ3v) is 5.56. The molecule has 0 unspecified atom stereocenters. The predicted molar refractivity (Wildman–Crippen MR) is 104 cm³/mol. The highest BCUT2D eigenvalue weighted by Gasteiger charge is 2.29. The van der Waals surface area contributed by atoms with E-state index >= 15 is 0 Å². The molecule has 4 aromatic heterocycles. The molecule has 29 heavy (non-hydrogen) atoms. The van der Waals surface area contributed by atoms with Gasteiger partial charge in [0, 0.05) is 45.5 Å². The normalized spacial score (nSPS) is 15.3. The van der Waals surface area contributed by atoms with Crippen molar-refractivity contribution in [2.75, 3.05) is 13.1 Å². The molecule has 1 saturated heterocycles. The third kappa shape index (κ3) is 2.96. The van der Waals surface area contributed by atoms with Crippen molar-refractivity contribution in [2.24, 2.45) is 14.1 Å². The van der Waals surface area contributed by atoms with Crippen molar-refractivity contribution >= 4 is 11.6 Å². The van der Waals surface area contributed by atoms with Gasteiger partial charge in [0.2, 0.25) is 0 Å². The zero-order chi connectivity index (χ0) is 20.0. The highest BCUT2D eigenvalue weighted by atomic mass is 16.2. The Morgan fingerprint density at radius 2 is 1.72 bits per heavy atom. The second-order valence-corrected chi connectivity index (χ2v) is 7.29. The molecule has 148 valence electrons. The quantitative estimate of drug-likeness (QED) is 0.522. The highest BCUT2D eigenvalue weighted by molar-refractivity contribution is 5.92. The van der Waals surface area contributed by atoms with Crippen LogP contribution in [0.2, 0.25) is 0 Å². The van der Waals surface area contributed by atoms with E-state index in [1.54, 1.807) is 34.9 Å². The number of aromatic nitrogens is 8. The van der Waals surface area contributed by atoms with Crippen LogP contribution in [0.5, 0.6) is 0 Å². The van der Waals surface area contributed by atoms with E-state index < -0.39 is 0 Å². The molecule has 0 aromatic carbocycles. The molecule has 1 aliphatic heterocycles. The Balaban J connectivity index is 1.37. The Bertz CT molecular complexity index is 1180. The molecule has 1 fully saturated rings. The van der Waals surface area contributed by atoms with Gasteiger partial charge < -0.3 is 4.90 Å². The van der Waals surface area contributed by atoms with Gasteiger partial charge in [-0.2, -0.15) is 19.8 Å². The fourth-order valence-electron chi connectivity index (χ4n) is 3.91. The number of hydrogen-bond donors (Lipinski definition) is 0. The van der Waals surface area contributed by atoms with Crippen LogP contribution >= 0.6 is 0 Å². The fraction of sp³-hybridized carbons (Fsp3) is 0.368. The van der Waals surface area contributed by atoms with Crippen molar-refractivity contribution < 1.29 is 4.79 Å². The van der Waals surface area contributed by atoms with Crippen molar-refractivity contribution in [3.05, 3.63) is 48.2 Å². The monoisotopic (exact) mass is 391 g/mol. The smallest absolute Gasteiger partial charge is 0.272 e. The minimum absolute atomic E-state index is 0.0196. The summed E-state index contributed by atoms with van der Waals surface area (Å²) in [7, 11) is 3.68. The third-order valence-electron chi connectivity index (χ3n) is 5.56. The minimum atomic E-state index is 0.0196. The molecule has 1 aliphatic rings. The highest BCUT2D eigenvalue weighted by Crippen LogP contribution is 2.28. The molecule has 0 radical (unpaired) electrons. The van der Waals surface area contributed by atoms with Crippen molar-refractivity contribution in [1.82, 2.24) is 44.3 Å². The van der Waals surface area contributed by atoms with Crippen LogP contribution in [0.3, 0.4) is 0 Å². The number of aryl methyl sites for hydroxylation is 2. The SMILES string of the molecule is Cn1nccc1C(=O)N1CCC(c2nnc3ccc(-c4ccnn4C)nn23)CC1. The van der Waals surface area contributed by atoms with Gasteiger partial charge in [0.15, 0.2) is 11.5 Å². The average molecular weight is 391 g/mol. The van der Waals surface area contributed by atoms with E-state index in [4.69, 9.17) is 5.10 Å². The van der Waals surface area contributed by atoms with E-state index in [-0.39, 0.29) is 11.8 Å². The van der Waals surface area contributed by atoms with E-state index in [2.05, 4.69) is 20.4 Å². The molecule has 0 atom stereocenters. The van der Waals surface area contributed by atoms with Gasteiger partial charge in [-0.15, -0.1) is 10.2 Å². The molecule has 0 N–H and O–H groups in total. The number of carbonyl (C=O) groups is 1. The summed E-state index contributed by atoms with van der Waals surface area (Å²) in [6.45, 7) is 1.34. The van der Waals surface area contributed by atoms with Crippen LogP contribution in [-0.2, 0) is 14.1 Å². The van der Waals surface area contributed by atoms with E-state index in [1.807, 2.05) is 34.7 Å². The Kier molecular flexibility index (Phi) is 4.11. The molecule has 10 heteroatoms. The maximum absolute atomic E-state index is 12.7. The lowest BCUT2D eigenvalue weighted by atomic mass is 9.96. The van der Waals surface area contributed by atoms with Crippen LogP contribution in [0.15, 0.2) is 36.7 Å². The summed E-state index contributed by atoms with van der Waals surface area (Å²) in [5.41, 5.74) is 3.09. The maximum Gasteiger partial charge on any atom is 0.272 e. The number of nitrogens with zero attached hydrogens (tertiary/aromatic N) is 9. The summed E-state index contributed by atoms with van der Waals surface area (Å²) in [4.78, 5) is 14.6. The van der Waals surface area contributed by atoms with Gasteiger partial charge in [-0.05, 0) is 37.1 Å². The molecule has 1 amide bonds. The molecule has 5 heterocycles. The first-order chi connectivity index (χ1) is 14.1. The minimum Gasteiger partial charge on any atom is -0.337 e. The lowest BCUT2D eigenvalue weighted by molar-refractivity contribution is 0.0699. The summed E-state index contributed by atoms with van der Waals surface area (Å²) in [5.74, 6) is 1.07. The summed E-state index contributed by atoms with van der Waals surface area (Å²) in [6, 6.07) is 7.54. The van der Waals surface area contributed by atoms with Gasteiger partial charge in [-0.25, -0.2) is 0 Å². The number of fused-ring (bicyclic) bond motifs is 1. The topological polar surface area (TPSA) is 99.0 Å². The second kappa shape index (κ2) is 6.80. The standard InChI is InChI=1S/C19H21N9O/c1-25-15(5-9-20-25)14-3-4-17-22-23-18(28(17)24-14)13-7-11-27(12-8-13)19(29)16-6-10-21-26(16)2/h3-6,9-10,13H,7-8,11-12H2,1-2H3. The van der Waals surface area contributed by atoms with Crippen LogP contribution in [0.4, 0.5) is 0 Å². The van der Waals surface area contributed by atoms with Gasteiger partial charge >= 0.3 is 0 Å². The van der Waals surface area contributed by atoms with Crippen LogP contribution in [0.25, 0.3) is 17.0 Å². The Hall–Kier alpha value is -3.56. The first kappa shape index (κ1) is 17.5. The lowest BCUT2D eigenvalue weighted by Crippen LogP contribution is -2.39. The zero-order valence-corrected chi connectivity index (χ0v) is 16.3. The maximum atomic E-state index is 12.7. The summed E-state index contributed by atoms with van der Waals surface area (Å²) < 4.78 is 5.23. The molecule has 0 saturated carbocycles. The first-order valence-corrected chi connectivity index (χ1v) is 9.60. The fourth-order valence-corrected chi connectivity index (χ4v) is 3.91. The number of hydrogen-bond acceptors (Lipinski definition) is 6. The molecular weight excluding hydrogens is 370 g/mol. The molecule has 10 nitrogen and oxygen atoms in total. The van der Waals surface area contributed by atoms with Crippen molar-refractivity contribution in [1.29, 1.82) is 0 Å². The summed E-state index contributed by atoms with van der Waals surface area (Å²) in [5, 5.41) is 21.8. The van der Waals surface area contributed by atoms with Crippen molar-refractivity contribution in [2.45, 2.75) is 18.8 Å². The number of carbonyl (C=O) groups excluding carboxylic acids is 1. The number of likely N-dealkylation sites (tertiary alicyclic amines) is 1. The molecule has 0 aliphatic carbocycles. The van der Waals surface area contributed by atoms with Gasteiger partial charge in [0.05, 0.1) is 5.69 Å². The first-order valence-electron chi connectivity index (χ1n) is 9.60. The van der Waals surface area contributed by atoms with E-state index in [1.165, 1.54) is 0 Å². The van der Waals surface area contributed by atoms with E-state index in [9.17, 15) is 4.79 Å². The Morgan fingerprint density at radius 1 is 0.966 bits per heavy atom.